The van der Waals surface area contributed by atoms with Crippen molar-refractivity contribution in [3.05, 3.63) is 35.6 Å². The Labute approximate surface area is 138 Å². The molecule has 130 valence electrons. The molecule has 0 spiro atoms. The Morgan fingerprint density at radius 3 is 2.61 bits per heavy atom. The molecule has 1 aromatic carbocycles. The van der Waals surface area contributed by atoms with E-state index in [1.807, 2.05) is 33.8 Å². The molecule has 1 aromatic rings. The third-order valence-corrected chi connectivity index (χ3v) is 3.39. The van der Waals surface area contributed by atoms with Gasteiger partial charge in [0.05, 0.1) is 0 Å². The zero-order valence-corrected chi connectivity index (χ0v) is 14.8. The van der Waals surface area contributed by atoms with Crippen LogP contribution >= 0.6 is 0 Å². The third kappa shape index (κ3) is 7.98. The Bertz CT molecular complexity index is 500. The van der Waals surface area contributed by atoms with Gasteiger partial charge in [-0.15, -0.1) is 0 Å². The molecule has 23 heavy (non-hydrogen) atoms. The summed E-state index contributed by atoms with van der Waals surface area (Å²) < 4.78 is 18.5. The second kappa shape index (κ2) is 8.87. The number of nitrogens with one attached hydrogen (secondary N) is 2. The van der Waals surface area contributed by atoms with Crippen molar-refractivity contribution >= 4 is 6.09 Å². The van der Waals surface area contributed by atoms with Crippen molar-refractivity contribution in [2.45, 2.75) is 65.1 Å². The number of hydrogen-bond donors (Lipinski definition) is 2. The highest BCUT2D eigenvalue weighted by Crippen LogP contribution is 2.17. The minimum absolute atomic E-state index is 0.00219. The quantitative estimate of drug-likeness (QED) is 0.791. The predicted molar refractivity (Wildman–Crippen MR) is 90.9 cm³/mol. The number of amides is 1. The van der Waals surface area contributed by atoms with Crippen molar-refractivity contribution in [1.29, 1.82) is 0 Å². The molecule has 0 aliphatic rings. The second-order valence-corrected chi connectivity index (χ2v) is 6.81. The molecule has 5 heteroatoms. The predicted octanol–water partition coefficient (Wildman–Crippen LogP) is 4.17. The number of carbonyl (C=O) groups excluding carboxylic acids is 1. The van der Waals surface area contributed by atoms with Crippen LogP contribution in [-0.4, -0.2) is 24.3 Å². The van der Waals surface area contributed by atoms with E-state index >= 15 is 0 Å². The highest BCUT2D eigenvalue weighted by atomic mass is 19.1. The second-order valence-electron chi connectivity index (χ2n) is 6.81. The standard InChI is InChI=1S/C18H29FN2O2/c1-6-16(14-8-7-9-15(19)12-14)20-11-10-13(2)21-17(22)23-18(3,4)5/h7-9,12-13,16,20H,6,10-11H2,1-5H3,(H,21,22). The van der Waals surface area contributed by atoms with Gasteiger partial charge in [0.25, 0.3) is 0 Å². The highest BCUT2D eigenvalue weighted by molar-refractivity contribution is 5.67. The van der Waals surface area contributed by atoms with Crippen LogP contribution in [0.15, 0.2) is 24.3 Å². The Kier molecular flexibility index (Phi) is 7.49. The zero-order valence-electron chi connectivity index (χ0n) is 14.8. The lowest BCUT2D eigenvalue weighted by Gasteiger charge is -2.23. The molecule has 0 aromatic heterocycles. The van der Waals surface area contributed by atoms with Crippen LogP contribution in [-0.2, 0) is 4.74 Å². The van der Waals surface area contributed by atoms with Gasteiger partial charge >= 0.3 is 6.09 Å². The van der Waals surface area contributed by atoms with Crippen LogP contribution in [0.3, 0.4) is 0 Å². The number of rotatable bonds is 7. The van der Waals surface area contributed by atoms with Crippen LogP contribution in [0.2, 0.25) is 0 Å². The average molecular weight is 324 g/mol. The summed E-state index contributed by atoms with van der Waals surface area (Å²) in [6.45, 7) is 10.2. The molecular weight excluding hydrogens is 295 g/mol. The zero-order chi connectivity index (χ0) is 17.5. The molecule has 0 saturated carbocycles. The van der Waals surface area contributed by atoms with Gasteiger partial charge in [0.15, 0.2) is 0 Å². The van der Waals surface area contributed by atoms with Crippen molar-refractivity contribution < 1.29 is 13.9 Å². The van der Waals surface area contributed by atoms with E-state index in [-0.39, 0.29) is 17.9 Å². The summed E-state index contributed by atoms with van der Waals surface area (Å²) in [7, 11) is 0. The fourth-order valence-electron chi connectivity index (χ4n) is 2.28. The van der Waals surface area contributed by atoms with Crippen LogP contribution in [0, 0.1) is 5.82 Å². The smallest absolute Gasteiger partial charge is 0.407 e. The molecule has 0 saturated heterocycles. The first-order valence-electron chi connectivity index (χ1n) is 8.19. The normalized spacial score (nSPS) is 14.2. The van der Waals surface area contributed by atoms with Crippen molar-refractivity contribution in [3.63, 3.8) is 0 Å². The highest BCUT2D eigenvalue weighted by Gasteiger charge is 2.17. The molecule has 0 radical (unpaired) electrons. The van der Waals surface area contributed by atoms with Gasteiger partial charge in [-0.25, -0.2) is 9.18 Å². The van der Waals surface area contributed by atoms with Gasteiger partial charge in [0, 0.05) is 12.1 Å². The van der Waals surface area contributed by atoms with Crippen molar-refractivity contribution in [2.75, 3.05) is 6.54 Å². The molecule has 4 nitrogen and oxygen atoms in total. The molecule has 0 bridgehead atoms. The minimum atomic E-state index is -0.493. The maximum Gasteiger partial charge on any atom is 0.407 e. The molecule has 0 aliphatic carbocycles. The maximum atomic E-state index is 13.3. The topological polar surface area (TPSA) is 50.4 Å². The van der Waals surface area contributed by atoms with Crippen molar-refractivity contribution in [2.24, 2.45) is 0 Å². The Balaban J connectivity index is 2.38. The third-order valence-electron chi connectivity index (χ3n) is 3.39. The Morgan fingerprint density at radius 1 is 1.35 bits per heavy atom. The molecule has 0 fully saturated rings. The van der Waals surface area contributed by atoms with Crippen LogP contribution in [0.5, 0.6) is 0 Å². The van der Waals surface area contributed by atoms with E-state index < -0.39 is 11.7 Å². The minimum Gasteiger partial charge on any atom is -0.444 e. The van der Waals surface area contributed by atoms with E-state index in [9.17, 15) is 9.18 Å². The van der Waals surface area contributed by atoms with Crippen LogP contribution in [0.25, 0.3) is 0 Å². The van der Waals surface area contributed by atoms with Gasteiger partial charge in [0.2, 0.25) is 0 Å². The fraction of sp³-hybridized carbons (Fsp3) is 0.611. The maximum absolute atomic E-state index is 13.3. The summed E-state index contributed by atoms with van der Waals surface area (Å²) in [6, 6.07) is 6.77. The van der Waals surface area contributed by atoms with Crippen molar-refractivity contribution in [3.8, 4) is 0 Å². The van der Waals surface area contributed by atoms with Gasteiger partial charge in [-0.2, -0.15) is 0 Å². The van der Waals surface area contributed by atoms with E-state index in [0.29, 0.717) is 0 Å². The van der Waals surface area contributed by atoms with Gasteiger partial charge in [0.1, 0.15) is 11.4 Å². The lowest BCUT2D eigenvalue weighted by Crippen LogP contribution is -2.39. The number of ether oxygens (including phenoxy) is 1. The van der Waals surface area contributed by atoms with Crippen LogP contribution < -0.4 is 10.6 Å². The number of alkyl carbamates (subject to hydrolysis) is 1. The molecule has 2 unspecified atom stereocenters. The SMILES string of the molecule is CCC(NCCC(C)NC(=O)OC(C)(C)C)c1cccc(F)c1. The van der Waals surface area contributed by atoms with Gasteiger partial charge < -0.3 is 15.4 Å². The molecular formula is C18H29FN2O2. The van der Waals surface area contributed by atoms with Crippen LogP contribution in [0.4, 0.5) is 9.18 Å². The first kappa shape index (κ1) is 19.4. The van der Waals surface area contributed by atoms with Gasteiger partial charge in [-0.05, 0) is 64.8 Å². The van der Waals surface area contributed by atoms with E-state index in [1.165, 1.54) is 6.07 Å². The molecule has 0 aliphatic heterocycles. The molecule has 2 N–H and O–H groups in total. The lowest BCUT2D eigenvalue weighted by molar-refractivity contribution is 0.0506. The monoisotopic (exact) mass is 324 g/mol. The average Bonchev–Trinajstić information content (AvgIpc) is 2.41. The van der Waals surface area contributed by atoms with E-state index in [4.69, 9.17) is 4.74 Å². The number of carbonyl (C=O) groups is 1. The summed E-state index contributed by atoms with van der Waals surface area (Å²) in [4.78, 5) is 11.7. The van der Waals surface area contributed by atoms with Gasteiger partial charge in [-0.3, -0.25) is 0 Å². The summed E-state index contributed by atoms with van der Waals surface area (Å²) in [5.41, 5.74) is 0.451. The Morgan fingerprint density at radius 2 is 2.04 bits per heavy atom. The molecule has 1 rings (SSSR count). The first-order valence-corrected chi connectivity index (χ1v) is 8.19. The van der Waals surface area contributed by atoms with E-state index in [1.54, 1.807) is 12.1 Å². The molecule has 0 heterocycles. The lowest BCUT2D eigenvalue weighted by atomic mass is 10.0. The summed E-state index contributed by atoms with van der Waals surface area (Å²) in [6.07, 6.45) is 1.24. The van der Waals surface area contributed by atoms with Crippen LogP contribution in [0.1, 0.15) is 59.1 Å². The number of halogens is 1. The Hall–Kier alpha value is -1.62. The van der Waals surface area contributed by atoms with E-state index in [2.05, 4.69) is 17.6 Å². The fourth-order valence-corrected chi connectivity index (χ4v) is 2.28. The largest absolute Gasteiger partial charge is 0.444 e. The molecule has 1 amide bonds. The summed E-state index contributed by atoms with van der Waals surface area (Å²) in [5.74, 6) is -0.220. The summed E-state index contributed by atoms with van der Waals surface area (Å²) in [5, 5.41) is 6.22. The first-order chi connectivity index (χ1) is 10.7. The number of benzene rings is 1. The van der Waals surface area contributed by atoms with E-state index in [0.717, 1.165) is 24.9 Å². The van der Waals surface area contributed by atoms with Gasteiger partial charge in [-0.1, -0.05) is 19.1 Å². The van der Waals surface area contributed by atoms with Crippen molar-refractivity contribution in [1.82, 2.24) is 10.6 Å². The summed E-state index contributed by atoms with van der Waals surface area (Å²) >= 11 is 0. The number of hydrogen-bond acceptors (Lipinski definition) is 3. The molecule has 2 atom stereocenters.